The third kappa shape index (κ3) is 11.3. The van der Waals surface area contributed by atoms with Crippen molar-refractivity contribution in [3.63, 3.8) is 0 Å². The van der Waals surface area contributed by atoms with Crippen molar-refractivity contribution in [1.82, 2.24) is 29.5 Å². The van der Waals surface area contributed by atoms with E-state index < -0.39 is 5.97 Å². The van der Waals surface area contributed by atoms with Gasteiger partial charge in [-0.3, -0.25) is 34.1 Å². The molecule has 4 amide bonds. The highest BCUT2D eigenvalue weighted by molar-refractivity contribution is 7.22. The number of rotatable bonds is 23. The van der Waals surface area contributed by atoms with Gasteiger partial charge < -0.3 is 24.4 Å². The largest absolute Gasteiger partial charge is 0.476 e. The summed E-state index contributed by atoms with van der Waals surface area (Å²) in [7, 11) is 1.85. The number of thiazole rings is 1. The zero-order valence-corrected chi connectivity index (χ0v) is 44.6. The predicted octanol–water partition coefficient (Wildman–Crippen LogP) is 9.64. The van der Waals surface area contributed by atoms with Gasteiger partial charge in [0.25, 0.3) is 17.7 Å². The lowest BCUT2D eigenvalue weighted by Gasteiger charge is -2.69. The van der Waals surface area contributed by atoms with E-state index in [1.54, 1.807) is 11.1 Å². The Morgan fingerprint density at radius 3 is 2.37 bits per heavy atom. The molecule has 5 heterocycles. The van der Waals surface area contributed by atoms with E-state index in [9.17, 15) is 29.1 Å². The Hall–Kier alpha value is -6.30. The first kappa shape index (κ1) is 52.2. The van der Waals surface area contributed by atoms with Crippen molar-refractivity contribution in [3.8, 4) is 11.1 Å². The van der Waals surface area contributed by atoms with Crippen LogP contribution in [0.25, 0.3) is 21.3 Å². The molecule has 0 spiro atoms. The number of fused-ring (bicyclic) bond motifs is 2. The minimum atomic E-state index is -1.11. The maximum Gasteiger partial charge on any atom is 0.355 e. The van der Waals surface area contributed by atoms with Crippen LogP contribution in [-0.4, -0.2) is 116 Å². The number of hydrogen-bond donors (Lipinski definition) is 2. The number of carboxylic acids is 1. The van der Waals surface area contributed by atoms with Gasteiger partial charge in [0.15, 0.2) is 10.8 Å². The Kier molecular flexibility index (Phi) is 14.9. The number of hydrogen-bond acceptors (Lipinski definition) is 12. The number of nitrogens with one attached hydrogen (secondary N) is 1. The lowest BCUT2D eigenvalue weighted by atomic mass is 9.39. The van der Waals surface area contributed by atoms with Crippen molar-refractivity contribution >= 4 is 62.1 Å². The van der Waals surface area contributed by atoms with Crippen LogP contribution in [0.2, 0.25) is 0 Å². The molecule has 16 nitrogen and oxygen atoms in total. The molecule has 2 unspecified atom stereocenters. The number of carboxylic acid groups (broad SMARTS) is 1. The Labute approximate surface area is 442 Å². The van der Waals surface area contributed by atoms with Gasteiger partial charge in [0.1, 0.15) is 5.82 Å². The van der Waals surface area contributed by atoms with Crippen LogP contribution in [0, 0.1) is 23.2 Å². The highest BCUT2D eigenvalue weighted by atomic mass is 32.1. The van der Waals surface area contributed by atoms with E-state index in [2.05, 4.69) is 33.7 Å². The lowest BCUT2D eigenvalue weighted by molar-refractivity contribution is -0.250. The monoisotopic (exact) mass is 1040 g/mol. The van der Waals surface area contributed by atoms with Crippen LogP contribution in [0.15, 0.2) is 72.9 Å². The van der Waals surface area contributed by atoms with Crippen LogP contribution in [0.4, 0.5) is 10.9 Å². The molecule has 4 fully saturated rings. The van der Waals surface area contributed by atoms with Gasteiger partial charge in [0.05, 0.1) is 35.2 Å². The fourth-order valence-electron chi connectivity index (χ4n) is 14.3. The molecule has 6 aliphatic rings. The van der Waals surface area contributed by atoms with Gasteiger partial charge in [-0.05, 0) is 142 Å². The molecule has 396 valence electrons. The normalized spacial score (nSPS) is 23.6. The minimum absolute atomic E-state index is 0.0251. The average Bonchev–Trinajstić information content (AvgIpc) is 4.08. The molecule has 2 aromatic carbocycles. The predicted molar refractivity (Wildman–Crippen MR) is 288 cm³/mol. The number of para-hydroxylation sites is 1. The highest BCUT2D eigenvalue weighted by Gasteiger charge is 2.66. The second-order valence-electron chi connectivity index (χ2n) is 22.9. The fraction of sp³-hybridized carbons (Fsp3) is 0.517. The third-order valence-electron chi connectivity index (χ3n) is 16.5. The molecule has 4 bridgehead atoms. The third-order valence-corrected chi connectivity index (χ3v) is 17.4. The Morgan fingerprint density at radius 1 is 0.827 bits per heavy atom. The first-order chi connectivity index (χ1) is 36.0. The molecule has 2 N–H and O–H groups in total. The van der Waals surface area contributed by atoms with Crippen LogP contribution in [0.1, 0.15) is 135 Å². The standard InChI is InChI=1S/C58H70N8O8S/c1-39-43(41-19-20-47(61-51(41)53(71)72)64-26-23-40-14-13-15-42(44(40)31-64)52(70)62-54-60-45-16-8-9-17-46(45)75-54)30-59-66(39)38-57-33-55(2)32-56(3,34-57)36-58(35-55,37-57)74-29-28-73-27-12-6-10-24-63(4)48(67)18-7-5-11-25-65-49(68)21-22-50(65)69/h8-9,13-17,19-22,30H,5-7,10-12,18,23-29,31-38H2,1-4H3,(H,71,72)(H,60,62,70). The number of ether oxygens (including phenoxy) is 2. The maximum atomic E-state index is 13.7. The van der Waals surface area contributed by atoms with E-state index >= 15 is 0 Å². The molecular weight excluding hydrogens is 969 g/mol. The van der Waals surface area contributed by atoms with Crippen LogP contribution < -0.4 is 10.2 Å². The number of pyridine rings is 1. The van der Waals surface area contributed by atoms with Crippen molar-refractivity contribution in [3.05, 3.63) is 101 Å². The average molecular weight is 1040 g/mol. The summed E-state index contributed by atoms with van der Waals surface area (Å²) >= 11 is 1.44. The second kappa shape index (κ2) is 21.4. The molecule has 11 rings (SSSR count). The molecule has 2 atom stereocenters. The summed E-state index contributed by atoms with van der Waals surface area (Å²) in [5, 5.41) is 19.2. The van der Waals surface area contributed by atoms with Crippen molar-refractivity contribution in [2.24, 2.45) is 16.2 Å². The van der Waals surface area contributed by atoms with E-state index in [0.29, 0.717) is 87.3 Å². The molecule has 3 aromatic heterocycles. The zero-order chi connectivity index (χ0) is 52.5. The molecule has 5 aromatic rings. The van der Waals surface area contributed by atoms with Crippen LogP contribution in [-0.2, 0) is 43.4 Å². The second-order valence-corrected chi connectivity index (χ2v) is 23.9. The van der Waals surface area contributed by atoms with E-state index in [0.717, 1.165) is 103 Å². The summed E-state index contributed by atoms with van der Waals surface area (Å²) in [6.45, 7) is 11.5. The fourth-order valence-corrected chi connectivity index (χ4v) is 15.1. The van der Waals surface area contributed by atoms with Gasteiger partial charge in [0, 0.05) is 87.3 Å². The number of unbranched alkanes of at least 4 members (excludes halogenated alkanes) is 4. The molecule has 2 aliphatic heterocycles. The summed E-state index contributed by atoms with van der Waals surface area (Å²) in [5.41, 5.74) is 5.56. The minimum Gasteiger partial charge on any atom is -0.476 e. The zero-order valence-electron chi connectivity index (χ0n) is 43.8. The molecule has 75 heavy (non-hydrogen) atoms. The number of benzene rings is 2. The Balaban J connectivity index is 0.714. The van der Waals surface area contributed by atoms with Crippen molar-refractivity contribution in [2.75, 3.05) is 56.7 Å². The molecule has 0 saturated heterocycles. The SMILES string of the molecule is Cc1c(-c2ccc(N3CCc4cccc(C(=O)Nc5nc6ccccc6s5)c4C3)nc2C(=O)O)cnn1CC12CC3(C)CC(C)(C1)CC(OCCOCCCCCN(C)C(=O)CCCCCN1C(=O)C=CC1=O)(C3)C2. The number of anilines is 2. The van der Waals surface area contributed by atoms with E-state index in [1.165, 1.54) is 34.8 Å². The molecule has 17 heteroatoms. The number of nitrogens with zero attached hydrogens (tertiary/aromatic N) is 7. The summed E-state index contributed by atoms with van der Waals surface area (Å²) in [6, 6.07) is 17.3. The van der Waals surface area contributed by atoms with E-state index in [4.69, 9.17) is 19.6 Å². The van der Waals surface area contributed by atoms with Crippen LogP contribution in [0.3, 0.4) is 0 Å². The molecule has 4 saturated carbocycles. The van der Waals surface area contributed by atoms with Crippen molar-refractivity contribution in [2.45, 2.75) is 129 Å². The summed E-state index contributed by atoms with van der Waals surface area (Å²) in [6.07, 6.45) is 16.9. The topological polar surface area (TPSA) is 189 Å². The first-order valence-electron chi connectivity index (χ1n) is 26.8. The molecule has 4 aliphatic carbocycles. The number of aromatic nitrogens is 4. The van der Waals surface area contributed by atoms with Crippen molar-refractivity contribution in [1.29, 1.82) is 0 Å². The van der Waals surface area contributed by atoms with Gasteiger partial charge >= 0.3 is 5.97 Å². The molecule has 0 radical (unpaired) electrons. The van der Waals surface area contributed by atoms with Gasteiger partial charge in [-0.25, -0.2) is 14.8 Å². The van der Waals surface area contributed by atoms with Crippen LogP contribution >= 0.6 is 11.3 Å². The van der Waals surface area contributed by atoms with Crippen molar-refractivity contribution < 1.29 is 38.6 Å². The molecular formula is C58H70N8O8S. The summed E-state index contributed by atoms with van der Waals surface area (Å²) in [4.78, 5) is 77.3. The van der Waals surface area contributed by atoms with Gasteiger partial charge in [0.2, 0.25) is 5.91 Å². The Morgan fingerprint density at radius 2 is 1.60 bits per heavy atom. The first-order valence-corrected chi connectivity index (χ1v) is 27.6. The lowest BCUT2D eigenvalue weighted by Crippen LogP contribution is -2.64. The smallest absolute Gasteiger partial charge is 0.355 e. The Bertz CT molecular complexity index is 2970. The quantitative estimate of drug-likeness (QED) is 0.0466. The van der Waals surface area contributed by atoms with Gasteiger partial charge in [-0.15, -0.1) is 0 Å². The number of carbonyl (C=O) groups excluding carboxylic acids is 4. The van der Waals surface area contributed by atoms with Gasteiger partial charge in [-0.2, -0.15) is 5.10 Å². The summed E-state index contributed by atoms with van der Waals surface area (Å²) < 4.78 is 16.1. The number of aromatic carboxylic acids is 1. The number of imide groups is 1. The summed E-state index contributed by atoms with van der Waals surface area (Å²) in [5.74, 6) is -1.20. The maximum absolute atomic E-state index is 13.7. The highest BCUT2D eigenvalue weighted by Crippen LogP contribution is 2.72. The van der Waals surface area contributed by atoms with Crippen LogP contribution in [0.5, 0.6) is 0 Å². The van der Waals surface area contributed by atoms with E-state index in [1.807, 2.05) is 68.6 Å². The number of amides is 4. The number of carbonyl (C=O) groups is 5. The van der Waals surface area contributed by atoms with Gasteiger partial charge in [-0.1, -0.05) is 55.9 Å². The van der Waals surface area contributed by atoms with E-state index in [-0.39, 0.29) is 51.2 Å².